The first-order chi connectivity index (χ1) is 15.2. The molecule has 4 N–H and O–H groups in total. The average Bonchev–Trinajstić information content (AvgIpc) is 3.09. The normalized spacial score (nSPS) is 50.8. The molecule has 178 valence electrons. The van der Waals surface area contributed by atoms with E-state index in [1.807, 2.05) is 6.08 Å². The maximum atomic E-state index is 11.9. The minimum atomic E-state index is -1.71. The van der Waals surface area contributed by atoms with Crippen molar-refractivity contribution in [2.45, 2.75) is 95.1 Å². The number of aliphatic hydroxyl groups excluding tert-OH is 3. The summed E-state index contributed by atoms with van der Waals surface area (Å²) in [5.74, 6) is 1.04. The monoisotopic (exact) mass is 450 g/mol. The van der Waals surface area contributed by atoms with Gasteiger partial charge in [-0.15, -0.1) is 0 Å². The number of ether oxygens (including phenoxy) is 2. The Morgan fingerprint density at radius 2 is 1.81 bits per heavy atom. The van der Waals surface area contributed by atoms with E-state index in [0.717, 1.165) is 44.9 Å². The highest BCUT2D eigenvalue weighted by atomic mass is 16.7. The van der Waals surface area contributed by atoms with Gasteiger partial charge in [0.05, 0.1) is 6.10 Å². The fraction of sp³-hybridized carbons (Fsp3) is 0.833. The number of aliphatic hydroxyl groups is 3. The molecule has 0 radical (unpaired) electrons. The molecule has 0 bridgehead atoms. The molecule has 5 rings (SSSR count). The Labute approximate surface area is 187 Å². The van der Waals surface area contributed by atoms with Crippen LogP contribution in [0.4, 0.5) is 0 Å². The molecule has 8 nitrogen and oxygen atoms in total. The predicted molar refractivity (Wildman–Crippen MR) is 111 cm³/mol. The number of allylic oxidation sites excluding steroid dienone is 1. The third kappa shape index (κ3) is 3.46. The van der Waals surface area contributed by atoms with E-state index in [2.05, 4.69) is 6.92 Å². The van der Waals surface area contributed by atoms with Crippen molar-refractivity contribution in [3.63, 3.8) is 0 Å². The zero-order chi connectivity index (χ0) is 22.8. The summed E-state index contributed by atoms with van der Waals surface area (Å²) in [6.45, 7) is 2.23. The first-order valence-electron chi connectivity index (χ1n) is 12.0. The molecule has 5 aliphatic rings. The van der Waals surface area contributed by atoms with E-state index in [-0.39, 0.29) is 17.3 Å². The molecule has 4 fully saturated rings. The number of ketones is 1. The number of carbonyl (C=O) groups is 2. The maximum Gasteiger partial charge on any atom is 0.335 e. The second-order valence-corrected chi connectivity index (χ2v) is 10.8. The van der Waals surface area contributed by atoms with Crippen molar-refractivity contribution < 1.29 is 39.5 Å². The van der Waals surface area contributed by atoms with Crippen LogP contribution in [-0.4, -0.2) is 69.0 Å². The fourth-order valence-electron chi connectivity index (χ4n) is 7.68. The Kier molecular flexibility index (Phi) is 5.73. The van der Waals surface area contributed by atoms with Crippen molar-refractivity contribution in [2.24, 2.45) is 29.1 Å². The van der Waals surface area contributed by atoms with Crippen LogP contribution in [0.5, 0.6) is 0 Å². The molecule has 3 unspecified atom stereocenters. The fourth-order valence-corrected chi connectivity index (χ4v) is 7.68. The molecular formula is C24H34O8. The molecule has 0 aromatic heterocycles. The van der Waals surface area contributed by atoms with Gasteiger partial charge in [0.1, 0.15) is 18.3 Å². The van der Waals surface area contributed by atoms with Gasteiger partial charge in [0.2, 0.25) is 0 Å². The first-order valence-corrected chi connectivity index (χ1v) is 12.0. The molecule has 1 saturated heterocycles. The van der Waals surface area contributed by atoms with E-state index in [1.54, 1.807) is 0 Å². The Morgan fingerprint density at radius 1 is 1.03 bits per heavy atom. The zero-order valence-corrected chi connectivity index (χ0v) is 18.4. The molecule has 1 aliphatic heterocycles. The summed E-state index contributed by atoms with van der Waals surface area (Å²) in [6.07, 6.45) is 1.41. The number of carboxylic acid groups (broad SMARTS) is 1. The number of hydrogen-bond donors (Lipinski definition) is 4. The van der Waals surface area contributed by atoms with Gasteiger partial charge >= 0.3 is 5.97 Å². The lowest BCUT2D eigenvalue weighted by Crippen LogP contribution is -2.61. The van der Waals surface area contributed by atoms with Gasteiger partial charge in [0.15, 0.2) is 18.2 Å². The van der Waals surface area contributed by atoms with Crippen LogP contribution < -0.4 is 0 Å². The Morgan fingerprint density at radius 3 is 2.56 bits per heavy atom. The van der Waals surface area contributed by atoms with Crippen molar-refractivity contribution in [1.29, 1.82) is 0 Å². The number of carboxylic acids is 1. The lowest BCUT2D eigenvalue weighted by Gasteiger charge is -2.54. The van der Waals surface area contributed by atoms with E-state index >= 15 is 0 Å². The summed E-state index contributed by atoms with van der Waals surface area (Å²) >= 11 is 0. The van der Waals surface area contributed by atoms with Gasteiger partial charge in [-0.25, -0.2) is 4.79 Å². The summed E-state index contributed by atoms with van der Waals surface area (Å²) < 4.78 is 11.6. The van der Waals surface area contributed by atoms with Gasteiger partial charge in [-0.2, -0.15) is 0 Å². The topological polar surface area (TPSA) is 134 Å². The van der Waals surface area contributed by atoms with Crippen LogP contribution in [0.25, 0.3) is 0 Å². The molecule has 3 saturated carbocycles. The molecule has 1 heterocycles. The van der Waals surface area contributed by atoms with Gasteiger partial charge in [-0.05, 0) is 80.1 Å². The molecule has 11 atom stereocenters. The third-order valence-corrected chi connectivity index (χ3v) is 9.32. The second-order valence-electron chi connectivity index (χ2n) is 10.8. The van der Waals surface area contributed by atoms with Gasteiger partial charge in [-0.3, -0.25) is 4.79 Å². The molecule has 0 amide bonds. The average molecular weight is 451 g/mol. The van der Waals surface area contributed by atoms with E-state index in [0.29, 0.717) is 30.1 Å². The molecule has 8 heteroatoms. The van der Waals surface area contributed by atoms with Crippen molar-refractivity contribution in [2.75, 3.05) is 0 Å². The Bertz CT molecular complexity index is 810. The van der Waals surface area contributed by atoms with Crippen molar-refractivity contribution >= 4 is 11.8 Å². The van der Waals surface area contributed by atoms with Crippen LogP contribution in [-0.2, 0) is 19.1 Å². The van der Waals surface area contributed by atoms with E-state index < -0.39 is 36.7 Å². The third-order valence-electron chi connectivity index (χ3n) is 9.32. The summed E-state index contributed by atoms with van der Waals surface area (Å²) in [5, 5.41) is 39.8. The molecule has 0 aromatic carbocycles. The molecule has 0 aromatic rings. The molecule has 32 heavy (non-hydrogen) atoms. The smallest absolute Gasteiger partial charge is 0.335 e. The van der Waals surface area contributed by atoms with Crippen molar-refractivity contribution in [1.82, 2.24) is 0 Å². The van der Waals surface area contributed by atoms with Gasteiger partial charge in [0.25, 0.3) is 0 Å². The van der Waals surface area contributed by atoms with Crippen LogP contribution in [0.15, 0.2) is 11.6 Å². The molecule has 4 aliphatic carbocycles. The highest BCUT2D eigenvalue weighted by molar-refractivity contribution is 5.91. The summed E-state index contributed by atoms with van der Waals surface area (Å²) in [5.41, 5.74) is 1.23. The van der Waals surface area contributed by atoms with E-state index in [1.165, 1.54) is 5.57 Å². The van der Waals surface area contributed by atoms with Crippen LogP contribution in [0.3, 0.4) is 0 Å². The number of aliphatic carboxylic acids is 1. The first kappa shape index (κ1) is 22.5. The summed E-state index contributed by atoms with van der Waals surface area (Å²) in [7, 11) is 0. The Balaban J connectivity index is 1.31. The number of carbonyl (C=O) groups excluding carboxylic acids is 1. The minimum Gasteiger partial charge on any atom is -0.479 e. The van der Waals surface area contributed by atoms with E-state index in [9.17, 15) is 30.0 Å². The minimum absolute atomic E-state index is 0.115. The SMILES string of the molecule is C[C@]12CC[C@@H]3[C@@H](CCC4=CC(=O)CC[C@@H]43)[C@H]1CC[C@@H]2O[C@@H]1OC(C(=O)O)[C@H](O)C(O)C1O. The predicted octanol–water partition coefficient (Wildman–Crippen LogP) is 1.41. The maximum absolute atomic E-state index is 11.9. The highest BCUT2D eigenvalue weighted by Crippen LogP contribution is 2.62. The summed E-state index contributed by atoms with van der Waals surface area (Å²) in [4.78, 5) is 23.3. The lowest BCUT2D eigenvalue weighted by molar-refractivity contribution is -0.312. The number of hydrogen-bond acceptors (Lipinski definition) is 7. The van der Waals surface area contributed by atoms with Crippen LogP contribution >= 0.6 is 0 Å². The standard InChI is InChI=1S/C24H34O8/c1-24-9-8-14-13-5-3-12(25)10-11(13)2-4-15(14)16(24)6-7-17(24)31-23-20(28)18(26)19(27)21(32-23)22(29)30/h10,13-21,23,26-28H,2-9H2,1H3,(H,29,30)/t13-,14-,15+,16+,17-,18?,19+,20?,21?,23+,24-/m0/s1. The van der Waals surface area contributed by atoms with Crippen LogP contribution in [0.2, 0.25) is 0 Å². The molecule has 0 spiro atoms. The quantitative estimate of drug-likeness (QED) is 0.507. The zero-order valence-electron chi connectivity index (χ0n) is 18.4. The molecular weight excluding hydrogens is 416 g/mol. The van der Waals surface area contributed by atoms with Gasteiger partial charge in [0, 0.05) is 6.42 Å². The van der Waals surface area contributed by atoms with Crippen LogP contribution in [0, 0.1) is 29.1 Å². The lowest BCUT2D eigenvalue weighted by atomic mass is 9.52. The number of fused-ring (bicyclic) bond motifs is 5. The largest absolute Gasteiger partial charge is 0.479 e. The van der Waals surface area contributed by atoms with Gasteiger partial charge in [-0.1, -0.05) is 12.5 Å². The second kappa shape index (κ2) is 8.17. The highest BCUT2D eigenvalue weighted by Gasteiger charge is 2.58. The summed E-state index contributed by atoms with van der Waals surface area (Å²) in [6, 6.07) is 0. The van der Waals surface area contributed by atoms with Crippen molar-refractivity contribution in [3.05, 3.63) is 11.6 Å². The Hall–Kier alpha value is -1.32. The van der Waals surface area contributed by atoms with Gasteiger partial charge < -0.3 is 29.9 Å². The number of rotatable bonds is 3. The van der Waals surface area contributed by atoms with Crippen LogP contribution in [0.1, 0.15) is 58.3 Å². The van der Waals surface area contributed by atoms with E-state index in [4.69, 9.17) is 9.47 Å². The van der Waals surface area contributed by atoms with Crippen molar-refractivity contribution in [3.8, 4) is 0 Å².